The first-order valence-corrected chi connectivity index (χ1v) is 8.87. The number of imidazole rings is 1. The first kappa shape index (κ1) is 16.5. The molecule has 134 valence electrons. The molecule has 7 heteroatoms. The van der Waals surface area contributed by atoms with Gasteiger partial charge in [0.2, 0.25) is 0 Å². The largest absolute Gasteiger partial charge is 0.353 e. The number of para-hydroxylation sites is 2. The van der Waals surface area contributed by atoms with Crippen molar-refractivity contribution in [2.75, 3.05) is 18.0 Å². The van der Waals surface area contributed by atoms with Crippen LogP contribution in [0.5, 0.6) is 0 Å². The van der Waals surface area contributed by atoms with Gasteiger partial charge in [-0.05, 0) is 31.9 Å². The molecule has 0 radical (unpaired) electrons. The molecule has 3 aromatic rings. The minimum atomic E-state index is -0.126. The van der Waals surface area contributed by atoms with E-state index >= 15 is 0 Å². The first-order valence-electron chi connectivity index (χ1n) is 8.87. The molecular weight excluding hydrogens is 328 g/mol. The smallest absolute Gasteiger partial charge is 0.271 e. The number of amides is 1. The molecule has 0 spiro atoms. The van der Waals surface area contributed by atoms with E-state index in [-0.39, 0.29) is 11.9 Å². The summed E-state index contributed by atoms with van der Waals surface area (Å²) >= 11 is 0. The summed E-state index contributed by atoms with van der Waals surface area (Å²) in [7, 11) is 1.85. The van der Waals surface area contributed by atoms with Gasteiger partial charge in [0.15, 0.2) is 5.82 Å². The third kappa shape index (κ3) is 3.24. The second kappa shape index (κ2) is 6.74. The number of hydrogen-bond acceptors (Lipinski definition) is 5. The zero-order chi connectivity index (χ0) is 18.1. The lowest BCUT2D eigenvalue weighted by atomic mass is 10.1. The van der Waals surface area contributed by atoms with Crippen molar-refractivity contribution in [1.82, 2.24) is 24.8 Å². The van der Waals surface area contributed by atoms with Crippen LogP contribution in [0.1, 0.15) is 29.0 Å². The van der Waals surface area contributed by atoms with Gasteiger partial charge in [-0.15, -0.1) is 0 Å². The van der Waals surface area contributed by atoms with Crippen LogP contribution in [0, 0.1) is 6.92 Å². The Balaban J connectivity index is 1.51. The molecule has 1 fully saturated rings. The number of nitrogens with zero attached hydrogens (tertiary/aromatic N) is 5. The van der Waals surface area contributed by atoms with Gasteiger partial charge < -0.3 is 14.8 Å². The number of nitrogens with one attached hydrogen (secondary N) is 1. The van der Waals surface area contributed by atoms with Crippen molar-refractivity contribution in [1.29, 1.82) is 0 Å². The van der Waals surface area contributed by atoms with Gasteiger partial charge in [0.05, 0.1) is 23.1 Å². The van der Waals surface area contributed by atoms with E-state index in [4.69, 9.17) is 4.98 Å². The van der Waals surface area contributed by atoms with Gasteiger partial charge in [0, 0.05) is 32.4 Å². The molecule has 0 aliphatic carbocycles. The number of carbonyl (C=O) groups excluding carboxylic acids is 1. The molecule has 26 heavy (non-hydrogen) atoms. The summed E-state index contributed by atoms with van der Waals surface area (Å²) in [4.78, 5) is 28.2. The van der Waals surface area contributed by atoms with Crippen LogP contribution >= 0.6 is 0 Å². The Bertz CT molecular complexity index is 950. The SMILES string of the molecule is Cc1nc2ccccc2nc1N1CCCC(NC(=O)c2cn(C)cn2)C1. The van der Waals surface area contributed by atoms with Crippen LogP contribution in [0.2, 0.25) is 0 Å². The highest BCUT2D eigenvalue weighted by Gasteiger charge is 2.25. The molecule has 1 atom stereocenters. The summed E-state index contributed by atoms with van der Waals surface area (Å²) in [6.45, 7) is 3.64. The van der Waals surface area contributed by atoms with Crippen LogP contribution in [-0.2, 0) is 7.05 Å². The lowest BCUT2D eigenvalue weighted by Crippen LogP contribution is -2.48. The molecule has 0 bridgehead atoms. The van der Waals surface area contributed by atoms with Gasteiger partial charge in [-0.2, -0.15) is 0 Å². The fourth-order valence-electron chi connectivity index (χ4n) is 3.46. The zero-order valence-electron chi connectivity index (χ0n) is 15.0. The molecule has 1 saturated heterocycles. The average molecular weight is 350 g/mol. The first-order chi connectivity index (χ1) is 12.6. The van der Waals surface area contributed by atoms with E-state index in [2.05, 4.69) is 20.2 Å². The highest BCUT2D eigenvalue weighted by molar-refractivity contribution is 5.92. The lowest BCUT2D eigenvalue weighted by Gasteiger charge is -2.34. The maximum atomic E-state index is 12.4. The van der Waals surface area contributed by atoms with E-state index in [1.165, 1.54) is 0 Å². The summed E-state index contributed by atoms with van der Waals surface area (Å²) in [6.07, 6.45) is 5.32. The summed E-state index contributed by atoms with van der Waals surface area (Å²) in [5.41, 5.74) is 3.17. The molecule has 7 nitrogen and oxygen atoms in total. The number of aromatic nitrogens is 4. The highest BCUT2D eigenvalue weighted by Crippen LogP contribution is 2.23. The van der Waals surface area contributed by atoms with E-state index in [0.717, 1.165) is 48.5 Å². The Morgan fingerprint density at radius 1 is 1.23 bits per heavy atom. The van der Waals surface area contributed by atoms with Gasteiger partial charge in [-0.1, -0.05) is 12.1 Å². The summed E-state index contributed by atoms with van der Waals surface area (Å²) in [6, 6.07) is 7.98. The monoisotopic (exact) mass is 350 g/mol. The molecule has 1 aromatic carbocycles. The molecular formula is C19H22N6O. The number of rotatable bonds is 3. The molecule has 0 saturated carbocycles. The maximum Gasteiger partial charge on any atom is 0.271 e. The Morgan fingerprint density at radius 2 is 2.00 bits per heavy atom. The van der Waals surface area contributed by atoms with Crippen molar-refractivity contribution in [2.45, 2.75) is 25.8 Å². The number of benzene rings is 1. The van der Waals surface area contributed by atoms with Gasteiger partial charge in [0.1, 0.15) is 5.69 Å². The van der Waals surface area contributed by atoms with Crippen molar-refractivity contribution in [3.05, 3.63) is 48.2 Å². The van der Waals surface area contributed by atoms with E-state index in [1.807, 2.05) is 38.2 Å². The standard InChI is InChI=1S/C19H22N6O/c1-13-18(23-16-8-4-3-7-15(16)21-13)25-9-5-6-14(10-25)22-19(26)17-11-24(2)12-20-17/h3-4,7-8,11-12,14H,5-6,9-10H2,1-2H3,(H,22,26). The van der Waals surface area contributed by atoms with Crippen LogP contribution in [0.4, 0.5) is 5.82 Å². The molecule has 3 heterocycles. The van der Waals surface area contributed by atoms with Crippen LogP contribution in [0.25, 0.3) is 11.0 Å². The Hall–Kier alpha value is -2.96. The third-order valence-electron chi connectivity index (χ3n) is 4.71. The second-order valence-electron chi connectivity index (χ2n) is 6.80. The zero-order valence-corrected chi connectivity index (χ0v) is 15.0. The summed E-state index contributed by atoms with van der Waals surface area (Å²) < 4.78 is 1.77. The van der Waals surface area contributed by atoms with Crippen molar-refractivity contribution in [3.63, 3.8) is 0 Å². The quantitative estimate of drug-likeness (QED) is 0.783. The van der Waals surface area contributed by atoms with E-state index in [9.17, 15) is 4.79 Å². The van der Waals surface area contributed by atoms with E-state index in [1.54, 1.807) is 17.1 Å². The van der Waals surface area contributed by atoms with Gasteiger partial charge in [-0.25, -0.2) is 15.0 Å². The topological polar surface area (TPSA) is 75.9 Å². The fourth-order valence-corrected chi connectivity index (χ4v) is 3.46. The molecule has 4 rings (SSSR count). The van der Waals surface area contributed by atoms with Crippen LogP contribution in [-0.4, -0.2) is 44.6 Å². The predicted octanol–water partition coefficient (Wildman–Crippen LogP) is 2.07. The number of hydrogen-bond donors (Lipinski definition) is 1. The summed E-state index contributed by atoms with van der Waals surface area (Å²) in [5.74, 6) is 0.777. The summed E-state index contributed by atoms with van der Waals surface area (Å²) in [5, 5.41) is 3.10. The lowest BCUT2D eigenvalue weighted by molar-refractivity contribution is 0.0928. The maximum absolute atomic E-state index is 12.4. The van der Waals surface area contributed by atoms with Gasteiger partial charge in [-0.3, -0.25) is 4.79 Å². The number of anilines is 1. The van der Waals surface area contributed by atoms with Crippen molar-refractivity contribution >= 4 is 22.8 Å². The Morgan fingerprint density at radius 3 is 2.73 bits per heavy atom. The molecule has 1 aliphatic rings. The number of carbonyl (C=O) groups is 1. The van der Waals surface area contributed by atoms with Crippen LogP contribution in [0.15, 0.2) is 36.8 Å². The third-order valence-corrected chi connectivity index (χ3v) is 4.71. The van der Waals surface area contributed by atoms with Crippen molar-refractivity contribution in [2.24, 2.45) is 7.05 Å². The number of piperidine rings is 1. The van der Waals surface area contributed by atoms with E-state index < -0.39 is 0 Å². The molecule has 1 N–H and O–H groups in total. The predicted molar refractivity (Wildman–Crippen MR) is 100 cm³/mol. The Kier molecular flexibility index (Phi) is 4.28. The average Bonchev–Trinajstić information content (AvgIpc) is 3.08. The molecule has 1 amide bonds. The van der Waals surface area contributed by atoms with Crippen molar-refractivity contribution < 1.29 is 4.79 Å². The highest BCUT2D eigenvalue weighted by atomic mass is 16.2. The second-order valence-corrected chi connectivity index (χ2v) is 6.80. The van der Waals surface area contributed by atoms with Crippen LogP contribution < -0.4 is 10.2 Å². The van der Waals surface area contributed by atoms with Crippen molar-refractivity contribution in [3.8, 4) is 0 Å². The van der Waals surface area contributed by atoms with Gasteiger partial charge >= 0.3 is 0 Å². The number of aryl methyl sites for hydroxylation is 2. The number of fused-ring (bicyclic) bond motifs is 1. The molecule has 1 unspecified atom stereocenters. The Labute approximate surface area is 152 Å². The fraction of sp³-hybridized carbons (Fsp3) is 0.368. The normalized spacial score (nSPS) is 17.5. The molecule has 1 aliphatic heterocycles. The van der Waals surface area contributed by atoms with Gasteiger partial charge in [0.25, 0.3) is 5.91 Å². The minimum absolute atomic E-state index is 0.0749. The van der Waals surface area contributed by atoms with Crippen LogP contribution in [0.3, 0.4) is 0 Å². The minimum Gasteiger partial charge on any atom is -0.353 e. The van der Waals surface area contributed by atoms with E-state index in [0.29, 0.717) is 5.69 Å². The molecule has 2 aromatic heterocycles.